The summed E-state index contributed by atoms with van der Waals surface area (Å²) in [5, 5.41) is 10.1. The molecule has 4 rings (SSSR count). The molecule has 4 aromatic rings. The van der Waals surface area contributed by atoms with E-state index < -0.39 is 63.2 Å². The van der Waals surface area contributed by atoms with Crippen LogP contribution in [0.2, 0.25) is 10.3 Å². The number of ketones is 1. The highest BCUT2D eigenvalue weighted by atomic mass is 35.5. The monoisotopic (exact) mass is 698 g/mol. The Labute approximate surface area is 267 Å². The first-order chi connectivity index (χ1) is 20.7. The molecule has 0 aliphatic heterocycles. The zero-order chi connectivity index (χ0) is 33.2. The number of halogens is 10. The van der Waals surface area contributed by atoms with Crippen LogP contribution in [-0.4, -0.2) is 42.6 Å². The zero-order valence-electron chi connectivity index (χ0n) is 22.3. The maximum absolute atomic E-state index is 14.0. The number of carbonyl (C=O) groups excluding carboxylic acids is 1. The van der Waals surface area contributed by atoms with Gasteiger partial charge in [0.05, 0.1) is 23.0 Å². The number of aliphatic hydroxyl groups is 1. The molecule has 0 fully saturated rings. The second-order valence-corrected chi connectivity index (χ2v) is 9.77. The number of alkyl halides is 2. The SMILES string of the molecule is C=Cc1ncnc(Cl)c1F.C[C@@H](c1ncnc(Cl)c1F)[C@](O)(CCl)c1ccc(F)cc1F.O=C(CCl)c1ccc(F)cc1F. The minimum absolute atomic E-state index is 0.125. The summed E-state index contributed by atoms with van der Waals surface area (Å²) < 4.78 is 78.8. The first-order valence-corrected chi connectivity index (χ1v) is 13.8. The number of rotatable bonds is 7. The van der Waals surface area contributed by atoms with Crippen LogP contribution in [0.25, 0.3) is 6.08 Å². The lowest BCUT2D eigenvalue weighted by Gasteiger charge is -2.32. The van der Waals surface area contributed by atoms with Crippen LogP contribution in [0.15, 0.2) is 55.6 Å². The van der Waals surface area contributed by atoms with Crippen LogP contribution in [0.4, 0.5) is 26.3 Å². The van der Waals surface area contributed by atoms with Gasteiger partial charge in [-0.15, -0.1) is 23.2 Å². The summed E-state index contributed by atoms with van der Waals surface area (Å²) in [5.74, 6) is -7.29. The molecule has 0 spiro atoms. The summed E-state index contributed by atoms with van der Waals surface area (Å²) in [6, 6.07) is 5.40. The average molecular weight is 700 g/mol. The van der Waals surface area contributed by atoms with Crippen LogP contribution in [0.1, 0.15) is 40.2 Å². The third-order valence-corrected chi connectivity index (χ3v) is 7.00. The number of nitrogens with zero attached hydrogens (tertiary/aromatic N) is 4. The molecular formula is C28H20Cl4F6N4O2. The van der Waals surface area contributed by atoms with Crippen LogP contribution in [0.5, 0.6) is 0 Å². The summed E-state index contributed by atoms with van der Waals surface area (Å²) in [4.78, 5) is 25.1. The number of benzene rings is 2. The minimum Gasteiger partial charge on any atom is -0.383 e. The topological polar surface area (TPSA) is 88.9 Å². The van der Waals surface area contributed by atoms with E-state index in [9.17, 15) is 36.2 Å². The van der Waals surface area contributed by atoms with Crippen molar-refractivity contribution in [3.05, 3.63) is 123 Å². The molecule has 2 atom stereocenters. The van der Waals surface area contributed by atoms with E-state index in [2.05, 4.69) is 26.5 Å². The largest absolute Gasteiger partial charge is 0.383 e. The summed E-state index contributed by atoms with van der Waals surface area (Å²) in [6.45, 7) is 4.75. The van der Waals surface area contributed by atoms with Gasteiger partial charge < -0.3 is 5.11 Å². The average Bonchev–Trinajstić information content (AvgIpc) is 2.99. The Bertz CT molecular complexity index is 1640. The van der Waals surface area contributed by atoms with Gasteiger partial charge in [-0.3, -0.25) is 4.79 Å². The van der Waals surface area contributed by atoms with Gasteiger partial charge in [0.2, 0.25) is 0 Å². The molecule has 0 aliphatic rings. The van der Waals surface area contributed by atoms with Crippen molar-refractivity contribution < 1.29 is 36.2 Å². The molecule has 0 aliphatic carbocycles. The van der Waals surface area contributed by atoms with Gasteiger partial charge in [-0.05, 0) is 24.3 Å². The second kappa shape index (κ2) is 16.7. The third-order valence-electron chi connectivity index (χ3n) is 5.82. The molecule has 1 N–H and O–H groups in total. The van der Waals surface area contributed by atoms with Gasteiger partial charge in [0.1, 0.15) is 47.2 Å². The second-order valence-electron chi connectivity index (χ2n) is 8.52. The smallest absolute Gasteiger partial charge is 0.186 e. The van der Waals surface area contributed by atoms with Crippen molar-refractivity contribution in [1.29, 1.82) is 0 Å². The van der Waals surface area contributed by atoms with Crippen molar-refractivity contribution in [3.63, 3.8) is 0 Å². The molecule has 2 aromatic heterocycles. The van der Waals surface area contributed by atoms with Crippen molar-refractivity contribution in [2.75, 3.05) is 11.8 Å². The van der Waals surface area contributed by atoms with Crippen LogP contribution in [-0.2, 0) is 5.60 Å². The highest BCUT2D eigenvalue weighted by molar-refractivity contribution is 6.30. The van der Waals surface area contributed by atoms with E-state index in [4.69, 9.17) is 46.4 Å². The number of hydrogen-bond acceptors (Lipinski definition) is 6. The fourth-order valence-electron chi connectivity index (χ4n) is 3.44. The molecule has 2 aromatic carbocycles. The normalized spacial score (nSPS) is 12.5. The summed E-state index contributed by atoms with van der Waals surface area (Å²) >= 11 is 21.9. The van der Waals surface area contributed by atoms with Crippen LogP contribution in [0.3, 0.4) is 0 Å². The standard InChI is InChI=1S/C14H11Cl2F3N2O.C8H5ClF2O.C6H4ClFN2/c1-7(12-11(19)13(16)21-6-20-12)14(22,5-15)9-3-2-8(17)4-10(9)18;9-4-8(12)6-2-1-5(10)3-7(6)11;1-2-4-5(8)6(7)10-3-9-4/h2-4,6-7,22H,5H2,1H3;1-3H,4H2;2-3H,1H2/t7-,14+;;/m0../s1. The number of Topliss-reactive ketones (excluding diaryl/α,β-unsaturated/α-hetero) is 1. The molecule has 2 heterocycles. The predicted molar refractivity (Wildman–Crippen MR) is 155 cm³/mol. The van der Waals surface area contributed by atoms with Gasteiger partial charge >= 0.3 is 0 Å². The molecule has 0 bridgehead atoms. The summed E-state index contributed by atoms with van der Waals surface area (Å²) in [6.07, 6.45) is 3.48. The maximum atomic E-state index is 14.0. The highest BCUT2D eigenvalue weighted by Gasteiger charge is 2.40. The van der Waals surface area contributed by atoms with Crippen molar-refractivity contribution in [2.45, 2.75) is 18.4 Å². The molecule has 6 nitrogen and oxygen atoms in total. The highest BCUT2D eigenvalue weighted by Crippen LogP contribution is 2.39. The van der Waals surface area contributed by atoms with Crippen LogP contribution in [0, 0.1) is 34.9 Å². The lowest BCUT2D eigenvalue weighted by atomic mass is 9.81. The maximum Gasteiger partial charge on any atom is 0.186 e. The van der Waals surface area contributed by atoms with Crippen molar-refractivity contribution in [3.8, 4) is 0 Å². The Morgan fingerprint density at radius 2 is 1.43 bits per heavy atom. The summed E-state index contributed by atoms with van der Waals surface area (Å²) in [5.41, 5.74) is -2.53. The molecule has 16 heteroatoms. The fourth-order valence-corrected chi connectivity index (χ4v) is 4.24. The zero-order valence-corrected chi connectivity index (χ0v) is 25.3. The Morgan fingerprint density at radius 1 is 0.886 bits per heavy atom. The number of carbonyl (C=O) groups is 1. The molecule has 0 radical (unpaired) electrons. The predicted octanol–water partition coefficient (Wildman–Crippen LogP) is 8.08. The number of hydrogen-bond donors (Lipinski definition) is 1. The van der Waals surface area contributed by atoms with E-state index in [0.717, 1.165) is 30.6 Å². The molecule has 44 heavy (non-hydrogen) atoms. The third kappa shape index (κ3) is 9.12. The Balaban J connectivity index is 0.000000257. The molecule has 0 unspecified atom stereocenters. The van der Waals surface area contributed by atoms with Gasteiger partial charge in [0, 0.05) is 23.6 Å². The Kier molecular flexibility index (Phi) is 14.0. The molecule has 234 valence electrons. The van der Waals surface area contributed by atoms with Gasteiger partial charge in [-0.25, -0.2) is 46.3 Å². The summed E-state index contributed by atoms with van der Waals surface area (Å²) in [7, 11) is 0. The van der Waals surface area contributed by atoms with E-state index in [1.807, 2.05) is 0 Å². The van der Waals surface area contributed by atoms with E-state index in [-0.39, 0.29) is 33.5 Å². The first kappa shape index (κ1) is 36.9. The van der Waals surface area contributed by atoms with Crippen LogP contribution < -0.4 is 0 Å². The lowest BCUT2D eigenvalue weighted by molar-refractivity contribution is 0.0299. The minimum atomic E-state index is -2.00. The lowest BCUT2D eigenvalue weighted by Crippen LogP contribution is -2.36. The van der Waals surface area contributed by atoms with Crippen LogP contribution >= 0.6 is 46.4 Å². The van der Waals surface area contributed by atoms with E-state index >= 15 is 0 Å². The van der Waals surface area contributed by atoms with Crippen molar-refractivity contribution in [1.82, 2.24) is 19.9 Å². The fraction of sp³-hybridized carbons (Fsp3) is 0.179. The van der Waals surface area contributed by atoms with E-state index in [0.29, 0.717) is 12.1 Å². The van der Waals surface area contributed by atoms with E-state index in [1.165, 1.54) is 19.3 Å². The molecule has 0 saturated carbocycles. The van der Waals surface area contributed by atoms with Crippen molar-refractivity contribution >= 4 is 58.3 Å². The van der Waals surface area contributed by atoms with E-state index in [1.54, 1.807) is 0 Å². The molecule has 0 amide bonds. The van der Waals surface area contributed by atoms with Crippen molar-refractivity contribution in [2.24, 2.45) is 0 Å². The quantitative estimate of drug-likeness (QED) is 0.0909. The van der Waals surface area contributed by atoms with Gasteiger partial charge in [-0.1, -0.05) is 42.8 Å². The van der Waals surface area contributed by atoms with Gasteiger partial charge in [0.25, 0.3) is 0 Å². The van der Waals surface area contributed by atoms with Gasteiger partial charge in [0.15, 0.2) is 27.7 Å². The van der Waals surface area contributed by atoms with Gasteiger partial charge in [-0.2, -0.15) is 0 Å². The first-order valence-electron chi connectivity index (χ1n) is 11.9. The molecular weight excluding hydrogens is 680 g/mol. The molecule has 0 saturated heterocycles. The Morgan fingerprint density at radius 3 is 1.93 bits per heavy atom. The Hall–Kier alpha value is -3.29. The number of aromatic nitrogens is 4.